The molecule has 2 aromatic carbocycles. The first-order valence-corrected chi connectivity index (χ1v) is 13.7. The molecule has 0 radical (unpaired) electrons. The molecular weight excluding hydrogens is 494 g/mol. The number of amides is 3. The number of aliphatic hydroxyl groups is 1. The lowest BCUT2D eigenvalue weighted by molar-refractivity contribution is -0.149. The van der Waals surface area contributed by atoms with Crippen molar-refractivity contribution in [2.24, 2.45) is 17.3 Å². The van der Waals surface area contributed by atoms with Crippen LogP contribution in [0, 0.1) is 31.1 Å². The van der Waals surface area contributed by atoms with Gasteiger partial charge in [0.2, 0.25) is 0 Å². The molecule has 0 aromatic heterocycles. The van der Waals surface area contributed by atoms with E-state index in [2.05, 4.69) is 47.5 Å². The minimum atomic E-state index is -1.43. The SMILES string of the molecule is COC(=O)[C@H](O)CNC(=O)c1ccc(C(NC(=O)Nc2cc(C)cc(C)c2)C2CCC(C(C)(C)C)CC2)cc1. The van der Waals surface area contributed by atoms with Gasteiger partial charge in [-0.05, 0) is 97.7 Å². The number of ether oxygens (including phenoxy) is 1. The van der Waals surface area contributed by atoms with Crippen LogP contribution in [0.4, 0.5) is 10.5 Å². The van der Waals surface area contributed by atoms with Crippen LogP contribution in [0.5, 0.6) is 0 Å². The van der Waals surface area contributed by atoms with Crippen LogP contribution in [0.15, 0.2) is 42.5 Å². The fourth-order valence-corrected chi connectivity index (χ4v) is 5.50. The van der Waals surface area contributed by atoms with E-state index in [1.807, 2.05) is 38.1 Å². The molecule has 1 aliphatic carbocycles. The molecular formula is C31H43N3O5. The molecule has 0 saturated heterocycles. The zero-order valence-electron chi connectivity index (χ0n) is 24.0. The fourth-order valence-electron chi connectivity index (χ4n) is 5.50. The number of methoxy groups -OCH3 is 1. The molecule has 2 atom stereocenters. The molecule has 3 amide bonds. The molecule has 8 nitrogen and oxygen atoms in total. The van der Waals surface area contributed by atoms with Gasteiger partial charge in [0.25, 0.3) is 5.91 Å². The Labute approximate surface area is 231 Å². The quantitative estimate of drug-likeness (QED) is 0.342. The van der Waals surface area contributed by atoms with E-state index in [0.29, 0.717) is 11.5 Å². The molecule has 1 saturated carbocycles. The number of hydrogen-bond donors (Lipinski definition) is 4. The molecule has 1 fully saturated rings. The Balaban J connectivity index is 1.75. The maximum Gasteiger partial charge on any atom is 0.336 e. The third-order valence-corrected chi connectivity index (χ3v) is 7.70. The van der Waals surface area contributed by atoms with Crippen LogP contribution in [0.2, 0.25) is 0 Å². The average molecular weight is 538 g/mol. The van der Waals surface area contributed by atoms with Crippen LogP contribution in [0.25, 0.3) is 0 Å². The molecule has 0 spiro atoms. The van der Waals surface area contributed by atoms with Crippen molar-refractivity contribution in [1.82, 2.24) is 10.6 Å². The van der Waals surface area contributed by atoms with E-state index in [1.54, 1.807) is 12.1 Å². The number of aliphatic hydroxyl groups excluding tert-OH is 1. The Kier molecular flexibility index (Phi) is 10.1. The summed E-state index contributed by atoms with van der Waals surface area (Å²) >= 11 is 0. The van der Waals surface area contributed by atoms with Gasteiger partial charge in [0, 0.05) is 11.3 Å². The lowest BCUT2D eigenvalue weighted by Gasteiger charge is -2.39. The lowest BCUT2D eigenvalue weighted by Crippen LogP contribution is -2.39. The molecule has 0 aliphatic heterocycles. The summed E-state index contributed by atoms with van der Waals surface area (Å²) in [7, 11) is 1.17. The standard InChI is InChI=1S/C31H43N3O5/c1-19-15-20(2)17-25(16-19)33-30(38)34-27(22-11-13-24(14-12-22)31(3,4)5)21-7-9-23(10-8-21)28(36)32-18-26(35)29(37)39-6/h7-10,15-17,22,24,26-27,35H,11-14,18H2,1-6H3,(H,32,36)(H2,33,34,38)/t22?,24?,26-,27?/m1/s1. The monoisotopic (exact) mass is 537 g/mol. The number of benzene rings is 2. The maximum absolute atomic E-state index is 13.1. The number of rotatable bonds is 8. The predicted molar refractivity (Wildman–Crippen MR) is 153 cm³/mol. The number of urea groups is 1. The average Bonchev–Trinajstić information content (AvgIpc) is 2.88. The summed E-state index contributed by atoms with van der Waals surface area (Å²) in [4.78, 5) is 37.1. The third kappa shape index (κ3) is 8.55. The number of esters is 1. The topological polar surface area (TPSA) is 117 Å². The second-order valence-electron chi connectivity index (χ2n) is 11.8. The van der Waals surface area contributed by atoms with Gasteiger partial charge in [-0.25, -0.2) is 9.59 Å². The van der Waals surface area contributed by atoms with E-state index in [4.69, 9.17) is 0 Å². The normalized spacial score (nSPS) is 18.9. The Morgan fingerprint density at radius 1 is 0.974 bits per heavy atom. The summed E-state index contributed by atoms with van der Waals surface area (Å²) in [6.07, 6.45) is 2.79. The third-order valence-electron chi connectivity index (χ3n) is 7.70. The van der Waals surface area contributed by atoms with Gasteiger partial charge >= 0.3 is 12.0 Å². The van der Waals surface area contributed by atoms with Gasteiger partial charge in [-0.2, -0.15) is 0 Å². The van der Waals surface area contributed by atoms with Crippen LogP contribution in [0.3, 0.4) is 0 Å². The second kappa shape index (κ2) is 13.1. The fraction of sp³-hybridized carbons (Fsp3) is 0.516. The Morgan fingerprint density at radius 2 is 1.56 bits per heavy atom. The van der Waals surface area contributed by atoms with Gasteiger partial charge in [-0.3, -0.25) is 4.79 Å². The van der Waals surface area contributed by atoms with Gasteiger partial charge < -0.3 is 25.8 Å². The highest BCUT2D eigenvalue weighted by molar-refractivity contribution is 5.94. The minimum absolute atomic E-state index is 0.213. The molecule has 3 rings (SSSR count). The van der Waals surface area contributed by atoms with E-state index >= 15 is 0 Å². The van der Waals surface area contributed by atoms with Crippen LogP contribution in [-0.2, 0) is 9.53 Å². The molecule has 0 bridgehead atoms. The first kappa shape index (κ1) is 30.2. The minimum Gasteiger partial charge on any atom is -0.467 e. The van der Waals surface area contributed by atoms with Gasteiger partial charge in [0.15, 0.2) is 6.10 Å². The lowest BCUT2D eigenvalue weighted by atomic mass is 9.68. The molecule has 39 heavy (non-hydrogen) atoms. The smallest absolute Gasteiger partial charge is 0.336 e. The number of carbonyl (C=O) groups is 3. The van der Waals surface area contributed by atoms with Crippen molar-refractivity contribution < 1.29 is 24.2 Å². The molecule has 1 aliphatic rings. The van der Waals surface area contributed by atoms with Crippen molar-refractivity contribution in [2.75, 3.05) is 19.0 Å². The summed E-state index contributed by atoms with van der Waals surface area (Å²) in [6.45, 7) is 10.6. The zero-order chi connectivity index (χ0) is 28.7. The summed E-state index contributed by atoms with van der Waals surface area (Å²) in [6, 6.07) is 12.6. The molecule has 8 heteroatoms. The largest absolute Gasteiger partial charge is 0.467 e. The summed E-state index contributed by atoms with van der Waals surface area (Å²) in [5, 5.41) is 18.5. The number of hydrogen-bond acceptors (Lipinski definition) is 5. The molecule has 1 unspecified atom stereocenters. The van der Waals surface area contributed by atoms with Crippen LogP contribution in [-0.4, -0.2) is 42.8 Å². The van der Waals surface area contributed by atoms with Crippen molar-refractivity contribution in [3.63, 3.8) is 0 Å². The Morgan fingerprint density at radius 3 is 2.10 bits per heavy atom. The number of anilines is 1. The molecule has 0 heterocycles. The van der Waals surface area contributed by atoms with Crippen molar-refractivity contribution in [3.05, 3.63) is 64.7 Å². The molecule has 2 aromatic rings. The van der Waals surface area contributed by atoms with E-state index in [-0.39, 0.29) is 30.0 Å². The van der Waals surface area contributed by atoms with Crippen molar-refractivity contribution in [2.45, 2.75) is 72.4 Å². The molecule has 4 N–H and O–H groups in total. The second-order valence-corrected chi connectivity index (χ2v) is 11.8. The van der Waals surface area contributed by atoms with E-state index in [0.717, 1.165) is 48.1 Å². The van der Waals surface area contributed by atoms with Crippen LogP contribution >= 0.6 is 0 Å². The first-order valence-electron chi connectivity index (χ1n) is 13.7. The number of nitrogens with one attached hydrogen (secondary N) is 3. The van der Waals surface area contributed by atoms with Gasteiger partial charge in [-0.15, -0.1) is 0 Å². The summed E-state index contributed by atoms with van der Waals surface area (Å²) in [5.74, 6) is -0.305. The summed E-state index contributed by atoms with van der Waals surface area (Å²) in [5.41, 5.74) is 4.48. The Hall–Kier alpha value is -3.39. The molecule has 212 valence electrons. The van der Waals surface area contributed by atoms with Crippen molar-refractivity contribution >= 4 is 23.6 Å². The number of aryl methyl sites for hydroxylation is 2. The van der Waals surface area contributed by atoms with Gasteiger partial charge in [0.1, 0.15) is 0 Å². The van der Waals surface area contributed by atoms with E-state index < -0.39 is 18.0 Å². The first-order chi connectivity index (χ1) is 18.4. The van der Waals surface area contributed by atoms with Crippen LogP contribution < -0.4 is 16.0 Å². The predicted octanol–water partition coefficient (Wildman–Crippen LogP) is 5.28. The van der Waals surface area contributed by atoms with Gasteiger partial charge in [-0.1, -0.05) is 39.0 Å². The van der Waals surface area contributed by atoms with Crippen LogP contribution in [0.1, 0.15) is 79.5 Å². The van der Waals surface area contributed by atoms with E-state index in [9.17, 15) is 19.5 Å². The van der Waals surface area contributed by atoms with E-state index in [1.165, 1.54) is 7.11 Å². The van der Waals surface area contributed by atoms with Crippen molar-refractivity contribution in [3.8, 4) is 0 Å². The summed E-state index contributed by atoms with van der Waals surface area (Å²) < 4.78 is 4.48. The van der Waals surface area contributed by atoms with Gasteiger partial charge in [0.05, 0.1) is 19.7 Å². The highest BCUT2D eigenvalue weighted by atomic mass is 16.5. The highest BCUT2D eigenvalue weighted by Gasteiger charge is 2.34. The maximum atomic E-state index is 13.1. The Bertz CT molecular complexity index is 1130. The highest BCUT2D eigenvalue weighted by Crippen LogP contribution is 2.43. The van der Waals surface area contributed by atoms with Crippen molar-refractivity contribution in [1.29, 1.82) is 0 Å². The zero-order valence-corrected chi connectivity index (χ0v) is 24.0. The number of carbonyl (C=O) groups excluding carboxylic acids is 3.